The largest absolute Gasteiger partial charge is 0.372 e. The molecule has 6 heteroatoms. The summed E-state index contributed by atoms with van der Waals surface area (Å²) in [7, 11) is 0. The maximum absolute atomic E-state index is 13.2. The Hall–Kier alpha value is -2.28. The molecule has 142 valence electrons. The zero-order valence-corrected chi connectivity index (χ0v) is 15.4. The number of hydrazine groups is 1. The average molecular weight is 366 g/mol. The topological polar surface area (TPSA) is 66.5 Å². The monoisotopic (exact) mass is 366 g/mol. The standard InChI is InChI=1S/C21H26N4O2/c26-21(19-13-23-24-20(19)17-7-2-1-3-8-17)25-11-5-9-18(14-25)27-15-16-6-4-10-22-12-16/h1-4,6-8,10,12,18-20,23-24H,5,9,11,13-15H2. The maximum atomic E-state index is 13.2. The van der Waals surface area contributed by atoms with Gasteiger partial charge in [-0.05, 0) is 30.0 Å². The Kier molecular flexibility index (Phi) is 5.77. The summed E-state index contributed by atoms with van der Waals surface area (Å²) in [6.07, 6.45) is 5.64. The summed E-state index contributed by atoms with van der Waals surface area (Å²) in [6.45, 7) is 2.66. The number of pyridine rings is 1. The first-order valence-corrected chi connectivity index (χ1v) is 9.64. The Bertz CT molecular complexity index is 740. The van der Waals surface area contributed by atoms with Crippen LogP contribution in [0.25, 0.3) is 0 Å². The van der Waals surface area contributed by atoms with Crippen LogP contribution in [0, 0.1) is 5.92 Å². The van der Waals surface area contributed by atoms with E-state index in [1.165, 1.54) is 0 Å². The Morgan fingerprint density at radius 2 is 2.11 bits per heavy atom. The van der Waals surface area contributed by atoms with Crippen LogP contribution in [0.15, 0.2) is 54.9 Å². The van der Waals surface area contributed by atoms with Crippen molar-refractivity contribution in [3.05, 3.63) is 66.0 Å². The summed E-state index contributed by atoms with van der Waals surface area (Å²) in [4.78, 5) is 19.3. The Morgan fingerprint density at radius 3 is 2.93 bits per heavy atom. The van der Waals surface area contributed by atoms with Crippen LogP contribution in [0.3, 0.4) is 0 Å². The molecule has 1 amide bonds. The quantitative estimate of drug-likeness (QED) is 0.848. The van der Waals surface area contributed by atoms with E-state index in [0.717, 1.165) is 30.5 Å². The van der Waals surface area contributed by atoms with Gasteiger partial charge in [-0.3, -0.25) is 15.2 Å². The second-order valence-electron chi connectivity index (χ2n) is 7.24. The van der Waals surface area contributed by atoms with Gasteiger partial charge in [0.05, 0.1) is 24.7 Å². The van der Waals surface area contributed by atoms with Gasteiger partial charge in [-0.2, -0.15) is 0 Å². The van der Waals surface area contributed by atoms with Gasteiger partial charge < -0.3 is 9.64 Å². The highest BCUT2D eigenvalue weighted by molar-refractivity contribution is 5.80. The number of nitrogens with one attached hydrogen (secondary N) is 2. The van der Waals surface area contributed by atoms with Crippen LogP contribution in [0.2, 0.25) is 0 Å². The summed E-state index contributed by atoms with van der Waals surface area (Å²) in [5, 5.41) is 0. The number of aromatic nitrogens is 1. The molecule has 1 aromatic heterocycles. The second kappa shape index (κ2) is 8.61. The van der Waals surface area contributed by atoms with Crippen molar-refractivity contribution in [2.45, 2.75) is 31.6 Å². The SMILES string of the molecule is O=C(C1CNNC1c1ccccc1)N1CCCC(OCc2cccnc2)C1. The number of carbonyl (C=O) groups excluding carboxylic acids is 1. The van der Waals surface area contributed by atoms with Crippen molar-refractivity contribution in [1.29, 1.82) is 0 Å². The molecule has 0 saturated carbocycles. The van der Waals surface area contributed by atoms with Gasteiger partial charge in [0.15, 0.2) is 0 Å². The molecule has 6 nitrogen and oxygen atoms in total. The number of nitrogens with zero attached hydrogens (tertiary/aromatic N) is 2. The number of likely N-dealkylation sites (tertiary alicyclic amines) is 1. The molecular weight excluding hydrogens is 340 g/mol. The molecular formula is C21H26N4O2. The Labute approximate surface area is 159 Å². The van der Waals surface area contributed by atoms with Crippen molar-refractivity contribution in [3.63, 3.8) is 0 Å². The van der Waals surface area contributed by atoms with E-state index in [-0.39, 0.29) is 24.0 Å². The molecule has 0 radical (unpaired) electrons. The molecule has 2 fully saturated rings. The maximum Gasteiger partial charge on any atom is 0.229 e. The molecule has 3 unspecified atom stereocenters. The van der Waals surface area contributed by atoms with Gasteiger partial charge in [-0.15, -0.1) is 0 Å². The minimum atomic E-state index is -0.0931. The van der Waals surface area contributed by atoms with Crippen molar-refractivity contribution in [1.82, 2.24) is 20.7 Å². The molecule has 2 aromatic rings. The highest BCUT2D eigenvalue weighted by atomic mass is 16.5. The molecule has 0 aliphatic carbocycles. The van der Waals surface area contributed by atoms with Crippen molar-refractivity contribution in [2.75, 3.05) is 19.6 Å². The predicted octanol–water partition coefficient (Wildman–Crippen LogP) is 2.05. The summed E-state index contributed by atoms with van der Waals surface area (Å²) in [5.74, 6) is 0.112. The molecule has 2 N–H and O–H groups in total. The number of carbonyl (C=O) groups is 1. The third kappa shape index (κ3) is 4.35. The van der Waals surface area contributed by atoms with Crippen LogP contribution in [0.5, 0.6) is 0 Å². The first-order valence-electron chi connectivity index (χ1n) is 9.64. The lowest BCUT2D eigenvalue weighted by Crippen LogP contribution is -2.47. The minimum absolute atomic E-state index is 0.00962. The van der Waals surface area contributed by atoms with Crippen molar-refractivity contribution in [3.8, 4) is 0 Å². The molecule has 3 atom stereocenters. The zero-order chi connectivity index (χ0) is 18.5. The smallest absolute Gasteiger partial charge is 0.229 e. The van der Waals surface area contributed by atoms with Gasteiger partial charge in [0.1, 0.15) is 0 Å². The van der Waals surface area contributed by atoms with E-state index < -0.39 is 0 Å². The number of hydrogen-bond donors (Lipinski definition) is 2. The molecule has 2 saturated heterocycles. The summed E-state index contributed by atoms with van der Waals surface area (Å²) < 4.78 is 6.06. The molecule has 4 rings (SSSR count). The molecule has 2 aliphatic rings. The van der Waals surface area contributed by atoms with Crippen LogP contribution >= 0.6 is 0 Å². The average Bonchev–Trinajstić information content (AvgIpc) is 3.23. The number of amides is 1. The first-order chi connectivity index (χ1) is 13.3. The van der Waals surface area contributed by atoms with Gasteiger partial charge in [0.25, 0.3) is 0 Å². The molecule has 27 heavy (non-hydrogen) atoms. The van der Waals surface area contributed by atoms with E-state index in [2.05, 4.69) is 28.0 Å². The normalized spacial score (nSPS) is 25.5. The lowest BCUT2D eigenvalue weighted by atomic mass is 9.93. The molecule has 0 spiro atoms. The molecule has 0 bridgehead atoms. The minimum Gasteiger partial charge on any atom is -0.372 e. The van der Waals surface area contributed by atoms with Crippen LogP contribution in [0.1, 0.15) is 30.0 Å². The van der Waals surface area contributed by atoms with E-state index in [1.54, 1.807) is 6.20 Å². The van der Waals surface area contributed by atoms with Gasteiger partial charge in [-0.25, -0.2) is 5.43 Å². The van der Waals surface area contributed by atoms with Crippen molar-refractivity contribution in [2.24, 2.45) is 5.92 Å². The summed E-state index contributed by atoms with van der Waals surface area (Å²) in [6, 6.07) is 14.1. The van der Waals surface area contributed by atoms with E-state index in [9.17, 15) is 4.79 Å². The van der Waals surface area contributed by atoms with Gasteiger partial charge in [0.2, 0.25) is 5.91 Å². The van der Waals surface area contributed by atoms with E-state index in [0.29, 0.717) is 19.7 Å². The third-order valence-electron chi connectivity index (χ3n) is 5.36. The fraction of sp³-hybridized carbons (Fsp3) is 0.429. The molecule has 1 aromatic carbocycles. The van der Waals surface area contributed by atoms with Crippen LogP contribution in [-0.4, -0.2) is 41.5 Å². The Balaban J connectivity index is 1.36. The Morgan fingerprint density at radius 1 is 1.22 bits per heavy atom. The second-order valence-corrected chi connectivity index (χ2v) is 7.24. The van der Waals surface area contributed by atoms with E-state index in [1.807, 2.05) is 41.4 Å². The fourth-order valence-corrected chi connectivity index (χ4v) is 3.91. The first kappa shape index (κ1) is 18.1. The van der Waals surface area contributed by atoms with Crippen LogP contribution in [0.4, 0.5) is 0 Å². The van der Waals surface area contributed by atoms with Gasteiger partial charge >= 0.3 is 0 Å². The highest BCUT2D eigenvalue weighted by Crippen LogP contribution is 2.28. The predicted molar refractivity (Wildman–Crippen MR) is 102 cm³/mol. The number of rotatable bonds is 5. The number of hydrogen-bond acceptors (Lipinski definition) is 5. The van der Waals surface area contributed by atoms with Gasteiger partial charge in [0, 0.05) is 32.0 Å². The van der Waals surface area contributed by atoms with Crippen LogP contribution in [-0.2, 0) is 16.1 Å². The lowest BCUT2D eigenvalue weighted by molar-refractivity contribution is -0.140. The summed E-state index contributed by atoms with van der Waals surface area (Å²) >= 11 is 0. The number of piperidine rings is 1. The number of ether oxygens (including phenoxy) is 1. The molecule has 3 heterocycles. The fourth-order valence-electron chi connectivity index (χ4n) is 3.91. The van der Waals surface area contributed by atoms with E-state index >= 15 is 0 Å². The number of benzene rings is 1. The molecule has 2 aliphatic heterocycles. The summed E-state index contributed by atoms with van der Waals surface area (Å²) in [5.41, 5.74) is 8.63. The van der Waals surface area contributed by atoms with Crippen molar-refractivity contribution < 1.29 is 9.53 Å². The lowest BCUT2D eigenvalue weighted by Gasteiger charge is -2.35. The third-order valence-corrected chi connectivity index (χ3v) is 5.36. The van der Waals surface area contributed by atoms with Crippen molar-refractivity contribution >= 4 is 5.91 Å². The van der Waals surface area contributed by atoms with Gasteiger partial charge in [-0.1, -0.05) is 36.4 Å². The van der Waals surface area contributed by atoms with E-state index in [4.69, 9.17) is 4.74 Å². The zero-order valence-electron chi connectivity index (χ0n) is 15.4. The van der Waals surface area contributed by atoms with Crippen LogP contribution < -0.4 is 10.9 Å². The highest BCUT2D eigenvalue weighted by Gasteiger charge is 2.37.